The molecule has 0 spiro atoms. The average molecular weight is 267 g/mol. The second-order valence-corrected chi connectivity index (χ2v) is 5.01. The lowest BCUT2D eigenvalue weighted by atomic mass is 10.1. The Balaban J connectivity index is 1.76. The highest BCUT2D eigenvalue weighted by atomic mass is 15.1. The number of hydrogen-bond acceptors (Lipinski definition) is 6. The molecule has 1 aliphatic rings. The van der Waals surface area contributed by atoms with Crippen molar-refractivity contribution in [1.82, 2.24) is 29.5 Å². The van der Waals surface area contributed by atoms with E-state index in [2.05, 4.69) is 24.9 Å². The van der Waals surface area contributed by atoms with E-state index < -0.39 is 0 Å². The molecular weight excluding hydrogens is 254 g/mol. The first kappa shape index (κ1) is 11.3. The van der Waals surface area contributed by atoms with Crippen molar-refractivity contribution in [2.24, 2.45) is 0 Å². The number of imidazole rings is 1. The summed E-state index contributed by atoms with van der Waals surface area (Å²) in [5.41, 5.74) is 9.43. The van der Waals surface area contributed by atoms with Crippen LogP contribution in [0.1, 0.15) is 30.0 Å². The summed E-state index contributed by atoms with van der Waals surface area (Å²) in [6, 6.07) is 0. The molecular formula is C13H13N7. The Hall–Kier alpha value is -2.57. The third-order valence-corrected chi connectivity index (χ3v) is 3.56. The van der Waals surface area contributed by atoms with Crippen LogP contribution in [-0.4, -0.2) is 29.5 Å². The topological polar surface area (TPSA) is 95.4 Å². The number of hydrogen-bond donors (Lipinski definition) is 1. The Kier molecular flexibility index (Phi) is 2.38. The highest BCUT2D eigenvalue weighted by Crippen LogP contribution is 2.40. The minimum atomic E-state index is 0.403. The number of aromatic nitrogens is 6. The maximum atomic E-state index is 5.80. The normalized spacial score (nSPS) is 14.8. The van der Waals surface area contributed by atoms with Gasteiger partial charge < -0.3 is 10.3 Å². The Labute approximate surface area is 114 Å². The minimum Gasteiger partial charge on any atom is -0.382 e. The van der Waals surface area contributed by atoms with Crippen LogP contribution in [0.25, 0.3) is 11.2 Å². The van der Waals surface area contributed by atoms with Gasteiger partial charge in [-0.1, -0.05) is 0 Å². The van der Waals surface area contributed by atoms with Crippen molar-refractivity contribution in [2.45, 2.75) is 25.3 Å². The maximum absolute atomic E-state index is 5.80. The van der Waals surface area contributed by atoms with E-state index in [0.29, 0.717) is 23.8 Å². The summed E-state index contributed by atoms with van der Waals surface area (Å²) in [5, 5.41) is 0. The molecule has 0 amide bonds. The molecule has 7 nitrogen and oxygen atoms in total. The van der Waals surface area contributed by atoms with Crippen LogP contribution in [0.4, 0.5) is 5.82 Å². The van der Waals surface area contributed by atoms with Crippen molar-refractivity contribution in [3.8, 4) is 0 Å². The zero-order valence-corrected chi connectivity index (χ0v) is 10.8. The number of anilines is 1. The smallest absolute Gasteiger partial charge is 0.165 e. The van der Waals surface area contributed by atoms with Gasteiger partial charge >= 0.3 is 0 Å². The van der Waals surface area contributed by atoms with E-state index in [-0.39, 0.29) is 0 Å². The van der Waals surface area contributed by atoms with Gasteiger partial charge in [0.2, 0.25) is 0 Å². The van der Waals surface area contributed by atoms with E-state index in [1.165, 1.54) is 19.2 Å². The van der Waals surface area contributed by atoms with E-state index in [1.54, 1.807) is 12.7 Å². The Morgan fingerprint density at radius 1 is 1.15 bits per heavy atom. The van der Waals surface area contributed by atoms with Gasteiger partial charge in [0.05, 0.1) is 18.6 Å². The fourth-order valence-electron chi connectivity index (χ4n) is 2.41. The quantitative estimate of drug-likeness (QED) is 0.764. The van der Waals surface area contributed by atoms with Gasteiger partial charge in [0.1, 0.15) is 18.2 Å². The number of nitrogens with zero attached hydrogens (tertiary/aromatic N) is 6. The second-order valence-electron chi connectivity index (χ2n) is 5.01. The molecule has 0 saturated heterocycles. The lowest BCUT2D eigenvalue weighted by Gasteiger charge is -2.08. The summed E-state index contributed by atoms with van der Waals surface area (Å²) in [7, 11) is 0. The zero-order chi connectivity index (χ0) is 13.5. The summed E-state index contributed by atoms with van der Waals surface area (Å²) in [6.45, 7) is 0.652. The average Bonchev–Trinajstić information content (AvgIpc) is 3.23. The van der Waals surface area contributed by atoms with Gasteiger partial charge in [-0.05, 0) is 12.8 Å². The number of rotatable bonds is 3. The first-order valence-corrected chi connectivity index (χ1v) is 6.53. The van der Waals surface area contributed by atoms with Crippen molar-refractivity contribution in [2.75, 3.05) is 5.73 Å². The lowest BCUT2D eigenvalue weighted by molar-refractivity contribution is 0.780. The van der Waals surface area contributed by atoms with Gasteiger partial charge in [-0.15, -0.1) is 0 Å². The fraction of sp³-hybridized carbons (Fsp3) is 0.308. The molecule has 0 bridgehead atoms. The van der Waals surface area contributed by atoms with Gasteiger partial charge in [-0.25, -0.2) is 24.9 Å². The predicted octanol–water partition coefficient (Wildman–Crippen LogP) is 1.12. The van der Waals surface area contributed by atoms with Crippen molar-refractivity contribution < 1.29 is 0 Å². The van der Waals surface area contributed by atoms with Crippen molar-refractivity contribution in [3.05, 3.63) is 36.4 Å². The van der Waals surface area contributed by atoms with Crippen LogP contribution in [0.15, 0.2) is 25.2 Å². The van der Waals surface area contributed by atoms with Gasteiger partial charge in [-0.2, -0.15) is 0 Å². The summed E-state index contributed by atoms with van der Waals surface area (Å²) < 4.78 is 1.96. The molecule has 0 radical (unpaired) electrons. The third-order valence-electron chi connectivity index (χ3n) is 3.56. The molecule has 1 aliphatic carbocycles. The molecule has 1 saturated carbocycles. The third kappa shape index (κ3) is 1.78. The summed E-state index contributed by atoms with van der Waals surface area (Å²) in [5.74, 6) is 0.989. The molecule has 0 unspecified atom stereocenters. The van der Waals surface area contributed by atoms with Crippen molar-refractivity contribution in [1.29, 1.82) is 0 Å². The Bertz CT molecular complexity index is 775. The maximum Gasteiger partial charge on any atom is 0.165 e. The zero-order valence-electron chi connectivity index (χ0n) is 10.8. The number of nitrogen functional groups attached to an aromatic ring is 1. The summed E-state index contributed by atoms with van der Waals surface area (Å²) in [6.07, 6.45) is 9.10. The highest BCUT2D eigenvalue weighted by Gasteiger charge is 2.27. The summed E-state index contributed by atoms with van der Waals surface area (Å²) >= 11 is 0. The van der Waals surface area contributed by atoms with E-state index in [9.17, 15) is 0 Å². The van der Waals surface area contributed by atoms with Crippen LogP contribution >= 0.6 is 0 Å². The van der Waals surface area contributed by atoms with Crippen LogP contribution in [0.3, 0.4) is 0 Å². The molecule has 1 fully saturated rings. The highest BCUT2D eigenvalue weighted by molar-refractivity contribution is 5.81. The Morgan fingerprint density at radius 2 is 2.05 bits per heavy atom. The van der Waals surface area contributed by atoms with E-state index in [4.69, 9.17) is 5.73 Å². The Morgan fingerprint density at radius 3 is 2.90 bits per heavy atom. The monoisotopic (exact) mass is 267 g/mol. The molecule has 7 heteroatoms. The fourth-order valence-corrected chi connectivity index (χ4v) is 2.41. The van der Waals surface area contributed by atoms with E-state index in [1.807, 2.05) is 10.8 Å². The van der Waals surface area contributed by atoms with Crippen LogP contribution in [0.2, 0.25) is 0 Å². The van der Waals surface area contributed by atoms with Crippen LogP contribution in [0.5, 0.6) is 0 Å². The molecule has 0 atom stereocenters. The predicted molar refractivity (Wildman–Crippen MR) is 72.8 cm³/mol. The molecule has 20 heavy (non-hydrogen) atoms. The van der Waals surface area contributed by atoms with Gasteiger partial charge in [0.15, 0.2) is 11.5 Å². The molecule has 100 valence electrons. The first-order valence-electron chi connectivity index (χ1n) is 6.53. The van der Waals surface area contributed by atoms with Crippen molar-refractivity contribution >= 4 is 17.0 Å². The molecule has 3 heterocycles. The van der Waals surface area contributed by atoms with E-state index >= 15 is 0 Å². The van der Waals surface area contributed by atoms with Crippen molar-refractivity contribution in [3.63, 3.8) is 0 Å². The molecule has 4 rings (SSSR count). The second kappa shape index (κ2) is 4.22. The molecule has 3 aromatic rings. The molecule has 0 aromatic carbocycles. The summed E-state index contributed by atoms with van der Waals surface area (Å²) in [4.78, 5) is 21.0. The molecule has 2 N–H and O–H groups in total. The van der Waals surface area contributed by atoms with Gasteiger partial charge in [0.25, 0.3) is 0 Å². The van der Waals surface area contributed by atoms with Crippen LogP contribution < -0.4 is 5.73 Å². The van der Waals surface area contributed by atoms with E-state index in [0.717, 1.165) is 16.9 Å². The number of fused-ring (bicyclic) bond motifs is 1. The van der Waals surface area contributed by atoms with Crippen LogP contribution in [-0.2, 0) is 6.54 Å². The molecule has 0 aliphatic heterocycles. The van der Waals surface area contributed by atoms with Crippen LogP contribution in [0, 0.1) is 0 Å². The van der Waals surface area contributed by atoms with Gasteiger partial charge in [-0.3, -0.25) is 0 Å². The largest absolute Gasteiger partial charge is 0.382 e. The lowest BCUT2D eigenvalue weighted by Crippen LogP contribution is -2.05. The molecule has 3 aromatic heterocycles. The number of nitrogens with two attached hydrogens (primary N) is 1. The first-order chi connectivity index (χ1) is 9.83. The van der Waals surface area contributed by atoms with Gasteiger partial charge in [0, 0.05) is 17.7 Å². The minimum absolute atomic E-state index is 0.403. The SMILES string of the molecule is Nc1ncnc2c1ncn2Cc1cncnc1C1CC1. The standard InChI is InChI=1S/C13H13N7/c14-12-11-13(18-6-17-12)20(7-19-11)4-9-3-15-5-16-10(9)8-1-2-8/h3,5-8H,1-2,4H2,(H2,14,17,18).